The Morgan fingerprint density at radius 3 is 1.47 bits per heavy atom. The molecule has 0 aromatic heterocycles. The molecule has 0 amide bonds. The summed E-state index contributed by atoms with van der Waals surface area (Å²) in [5.74, 6) is 0. The molecule has 0 rings (SSSR count). The van der Waals surface area contributed by atoms with Gasteiger partial charge >= 0.3 is 0 Å². The first kappa shape index (κ1) is 25.7. The molecule has 0 aliphatic rings. The molecule has 0 aliphatic heterocycles. The molecule has 3 N–H and O–H groups in total. The summed E-state index contributed by atoms with van der Waals surface area (Å²) < 4.78 is 0. The summed E-state index contributed by atoms with van der Waals surface area (Å²) in [7, 11) is 0. The fourth-order valence-electron chi connectivity index (χ4n) is 1.02. The van der Waals surface area contributed by atoms with Gasteiger partial charge in [-0.3, -0.25) is 0 Å². The highest BCUT2D eigenvalue weighted by molar-refractivity contribution is 4.48. The van der Waals surface area contributed by atoms with Gasteiger partial charge in [0, 0.05) is 0 Å². The van der Waals surface area contributed by atoms with Crippen LogP contribution in [0.2, 0.25) is 0 Å². The predicted molar refractivity (Wildman–Crippen MR) is 84.7 cm³/mol. The Bertz CT molecular complexity index is 57.9. The van der Waals surface area contributed by atoms with Crippen molar-refractivity contribution in [3.05, 3.63) is 0 Å². The zero-order chi connectivity index (χ0) is 14.4. The van der Waals surface area contributed by atoms with Crippen LogP contribution < -0.4 is 11.1 Å². The Morgan fingerprint density at radius 1 is 0.706 bits per heavy atom. The van der Waals surface area contributed by atoms with Crippen LogP contribution >= 0.6 is 0 Å². The van der Waals surface area contributed by atoms with Gasteiger partial charge in [-0.1, -0.05) is 61.3 Å². The third-order valence-electron chi connectivity index (χ3n) is 1.76. The summed E-state index contributed by atoms with van der Waals surface area (Å²) in [4.78, 5) is 0. The molecular weight excluding hydrogens is 208 g/mol. The van der Waals surface area contributed by atoms with E-state index in [4.69, 9.17) is 5.73 Å². The van der Waals surface area contributed by atoms with Gasteiger partial charge in [0.2, 0.25) is 0 Å². The summed E-state index contributed by atoms with van der Waals surface area (Å²) in [5.41, 5.74) is 5.36. The summed E-state index contributed by atoms with van der Waals surface area (Å²) in [6.45, 7) is 17.4. The number of nitrogens with two attached hydrogens (primary N) is 1. The quantitative estimate of drug-likeness (QED) is 0.617. The zero-order valence-corrected chi connectivity index (χ0v) is 13.7. The Kier molecular flexibility index (Phi) is 67.3. The van der Waals surface area contributed by atoms with Crippen LogP contribution in [0.1, 0.15) is 80.6 Å². The molecule has 0 aromatic carbocycles. The van der Waals surface area contributed by atoms with E-state index in [-0.39, 0.29) is 0 Å². The molecule has 0 spiro atoms. The van der Waals surface area contributed by atoms with Crippen molar-refractivity contribution < 1.29 is 0 Å². The molecule has 0 saturated carbocycles. The van der Waals surface area contributed by atoms with Crippen molar-refractivity contribution >= 4 is 0 Å². The zero-order valence-electron chi connectivity index (χ0n) is 13.7. The second kappa shape index (κ2) is 44.5. The highest BCUT2D eigenvalue weighted by Gasteiger charge is 1.87. The number of hydrogen-bond donors (Lipinski definition) is 2. The number of unbranched alkanes of at least 4 members (excludes halogenated alkanes) is 3. The maximum Gasteiger partial charge on any atom is -0.00484 e. The van der Waals surface area contributed by atoms with Crippen molar-refractivity contribution in [3.8, 4) is 0 Å². The molecule has 0 saturated heterocycles. The van der Waals surface area contributed by atoms with Crippen molar-refractivity contribution in [1.29, 1.82) is 0 Å². The summed E-state index contributed by atoms with van der Waals surface area (Å²) in [6, 6.07) is 0. The van der Waals surface area contributed by atoms with E-state index >= 15 is 0 Å². The van der Waals surface area contributed by atoms with Crippen molar-refractivity contribution in [2.24, 2.45) is 5.73 Å². The van der Waals surface area contributed by atoms with Gasteiger partial charge in [-0.05, 0) is 38.9 Å². The van der Waals surface area contributed by atoms with Gasteiger partial charge < -0.3 is 11.1 Å². The standard InChI is InChI=1S/C9H22N2.3C2H6/c1-2-3-5-8-11-9-6-4-7-10;3*1-2/h11H,2-10H2,1H3;3*1-2H3. The smallest absolute Gasteiger partial charge is 0.00484 e. The lowest BCUT2D eigenvalue weighted by molar-refractivity contribution is 0.588. The Labute approximate surface area is 112 Å². The van der Waals surface area contributed by atoms with Crippen molar-refractivity contribution in [2.75, 3.05) is 19.6 Å². The second-order valence-corrected chi connectivity index (χ2v) is 2.95. The number of rotatable bonds is 8. The fourth-order valence-corrected chi connectivity index (χ4v) is 1.02. The van der Waals surface area contributed by atoms with Gasteiger partial charge in [0.25, 0.3) is 0 Å². The van der Waals surface area contributed by atoms with Crippen LogP contribution in [0, 0.1) is 0 Å². The summed E-state index contributed by atoms with van der Waals surface area (Å²) in [6.07, 6.45) is 6.36. The van der Waals surface area contributed by atoms with Crippen molar-refractivity contribution in [2.45, 2.75) is 80.6 Å². The van der Waals surface area contributed by atoms with Crippen LogP contribution in [0.25, 0.3) is 0 Å². The molecule has 0 unspecified atom stereocenters. The molecule has 0 aromatic rings. The van der Waals surface area contributed by atoms with Crippen LogP contribution in [0.5, 0.6) is 0 Å². The lowest BCUT2D eigenvalue weighted by atomic mass is 10.2. The van der Waals surface area contributed by atoms with E-state index in [0.29, 0.717) is 0 Å². The lowest BCUT2D eigenvalue weighted by Crippen LogP contribution is -2.17. The minimum absolute atomic E-state index is 0.830. The van der Waals surface area contributed by atoms with E-state index < -0.39 is 0 Å². The van der Waals surface area contributed by atoms with Crippen LogP contribution in [-0.2, 0) is 0 Å². The first-order chi connectivity index (χ1) is 8.41. The Balaban J connectivity index is -0.000000121. The molecule has 2 heteroatoms. The largest absolute Gasteiger partial charge is 0.330 e. The van der Waals surface area contributed by atoms with Gasteiger partial charge in [-0.15, -0.1) is 0 Å². The summed E-state index contributed by atoms with van der Waals surface area (Å²) in [5, 5.41) is 3.40. The van der Waals surface area contributed by atoms with Crippen molar-refractivity contribution in [3.63, 3.8) is 0 Å². The molecule has 2 nitrogen and oxygen atoms in total. The highest BCUT2D eigenvalue weighted by Crippen LogP contribution is 1.91. The monoisotopic (exact) mass is 248 g/mol. The van der Waals surface area contributed by atoms with Crippen LogP contribution in [0.4, 0.5) is 0 Å². The van der Waals surface area contributed by atoms with Gasteiger partial charge in [0.05, 0.1) is 0 Å². The topological polar surface area (TPSA) is 38.0 Å². The van der Waals surface area contributed by atoms with Gasteiger partial charge in [0.1, 0.15) is 0 Å². The SMILES string of the molecule is CC.CC.CC.CCCCCNCCCCN. The molecule has 0 bridgehead atoms. The maximum absolute atomic E-state index is 5.36. The Morgan fingerprint density at radius 2 is 1.12 bits per heavy atom. The number of hydrogen-bond acceptors (Lipinski definition) is 2. The van der Waals surface area contributed by atoms with Crippen LogP contribution in [0.15, 0.2) is 0 Å². The van der Waals surface area contributed by atoms with Crippen molar-refractivity contribution in [1.82, 2.24) is 5.32 Å². The molecular formula is C15H40N2. The molecule has 0 radical (unpaired) electrons. The van der Waals surface area contributed by atoms with Gasteiger partial charge in [-0.25, -0.2) is 0 Å². The summed E-state index contributed by atoms with van der Waals surface area (Å²) >= 11 is 0. The highest BCUT2D eigenvalue weighted by atomic mass is 14.8. The average molecular weight is 248 g/mol. The van der Waals surface area contributed by atoms with E-state index in [9.17, 15) is 0 Å². The van der Waals surface area contributed by atoms with Gasteiger partial charge in [-0.2, -0.15) is 0 Å². The fraction of sp³-hybridized carbons (Fsp3) is 1.00. The normalized spacial score (nSPS) is 7.76. The molecule has 17 heavy (non-hydrogen) atoms. The van der Waals surface area contributed by atoms with E-state index in [1.54, 1.807) is 0 Å². The number of nitrogens with one attached hydrogen (secondary N) is 1. The van der Waals surface area contributed by atoms with E-state index in [1.807, 2.05) is 41.5 Å². The third kappa shape index (κ3) is 49.2. The first-order valence-corrected chi connectivity index (χ1v) is 7.82. The van der Waals surface area contributed by atoms with E-state index in [1.165, 1.54) is 32.2 Å². The third-order valence-corrected chi connectivity index (χ3v) is 1.76. The predicted octanol–water partition coefficient (Wildman–Crippen LogP) is 4.58. The minimum atomic E-state index is 0.830. The second-order valence-electron chi connectivity index (χ2n) is 2.95. The van der Waals surface area contributed by atoms with Crippen LogP contribution in [-0.4, -0.2) is 19.6 Å². The molecule has 110 valence electrons. The van der Waals surface area contributed by atoms with E-state index in [2.05, 4.69) is 12.2 Å². The lowest BCUT2D eigenvalue weighted by Gasteiger charge is -2.02. The maximum atomic E-state index is 5.36. The first-order valence-electron chi connectivity index (χ1n) is 7.82. The molecule has 0 heterocycles. The molecule has 0 atom stereocenters. The Hall–Kier alpha value is -0.0800. The van der Waals surface area contributed by atoms with Crippen LogP contribution in [0.3, 0.4) is 0 Å². The van der Waals surface area contributed by atoms with E-state index in [0.717, 1.165) is 19.5 Å². The average Bonchev–Trinajstić information content (AvgIpc) is 2.45. The minimum Gasteiger partial charge on any atom is -0.330 e. The van der Waals surface area contributed by atoms with Gasteiger partial charge in [0.15, 0.2) is 0 Å². The molecule has 0 fully saturated rings. The molecule has 0 aliphatic carbocycles.